The molecule has 0 bridgehead atoms. The standard InChI is InChI=1S/C5H8N2O2/c1-4(7-9)2-3-5(6)8/h2-3,9H,1H3,(H2,6,8)/b3-2+,7-4+. The number of nitrogens with zero attached hydrogens (tertiary/aromatic N) is 1. The summed E-state index contributed by atoms with van der Waals surface area (Å²) in [5, 5.41) is 10.8. The molecule has 0 atom stereocenters. The highest BCUT2D eigenvalue weighted by Crippen LogP contribution is 1.76. The van der Waals surface area contributed by atoms with E-state index in [2.05, 4.69) is 5.16 Å². The molecule has 3 N–H and O–H groups in total. The molecule has 0 aliphatic heterocycles. The molecule has 0 aromatic heterocycles. The van der Waals surface area contributed by atoms with E-state index in [1.807, 2.05) is 0 Å². The molecule has 0 rings (SSSR count). The fourth-order valence-corrected chi connectivity index (χ4v) is 0.236. The first-order chi connectivity index (χ1) is 4.16. The van der Waals surface area contributed by atoms with Crippen molar-refractivity contribution < 1.29 is 10.0 Å². The summed E-state index contributed by atoms with van der Waals surface area (Å²) in [5.74, 6) is -0.557. The van der Waals surface area contributed by atoms with Gasteiger partial charge in [-0.05, 0) is 13.0 Å². The maximum absolute atomic E-state index is 10.0. The van der Waals surface area contributed by atoms with Gasteiger partial charge in [0, 0.05) is 6.08 Å². The number of hydrogen-bond donors (Lipinski definition) is 2. The molecule has 0 saturated heterocycles. The normalized spacial score (nSPS) is 12.3. The van der Waals surface area contributed by atoms with Crippen molar-refractivity contribution in [1.29, 1.82) is 0 Å². The summed E-state index contributed by atoms with van der Waals surface area (Å²) in [4.78, 5) is 10.0. The van der Waals surface area contributed by atoms with Crippen molar-refractivity contribution in [3.8, 4) is 0 Å². The number of amides is 1. The van der Waals surface area contributed by atoms with E-state index in [1.54, 1.807) is 6.92 Å². The Morgan fingerprint density at radius 3 is 2.56 bits per heavy atom. The summed E-state index contributed by atoms with van der Waals surface area (Å²) in [6, 6.07) is 0. The average Bonchev–Trinajstić information content (AvgIpc) is 1.83. The number of allylic oxidation sites excluding steroid dienone is 1. The summed E-state index contributed by atoms with van der Waals surface area (Å²) >= 11 is 0. The van der Waals surface area contributed by atoms with Gasteiger partial charge in [0.15, 0.2) is 0 Å². The van der Waals surface area contributed by atoms with Gasteiger partial charge < -0.3 is 10.9 Å². The lowest BCUT2D eigenvalue weighted by Crippen LogP contribution is -2.06. The molecule has 1 amide bonds. The van der Waals surface area contributed by atoms with Crippen LogP contribution in [-0.4, -0.2) is 16.8 Å². The smallest absolute Gasteiger partial charge is 0.241 e. The van der Waals surface area contributed by atoms with E-state index in [0.29, 0.717) is 5.71 Å². The zero-order valence-electron chi connectivity index (χ0n) is 5.03. The van der Waals surface area contributed by atoms with Gasteiger partial charge in [-0.1, -0.05) is 5.16 Å². The quantitative estimate of drug-likeness (QED) is 0.235. The zero-order valence-corrected chi connectivity index (χ0v) is 5.03. The lowest BCUT2D eigenvalue weighted by molar-refractivity contribution is -0.113. The van der Waals surface area contributed by atoms with Gasteiger partial charge in [0.2, 0.25) is 5.91 Å². The fraction of sp³-hybridized carbons (Fsp3) is 0.200. The summed E-state index contributed by atoms with van der Waals surface area (Å²) in [6.07, 6.45) is 2.44. The Bertz CT molecular complexity index is 160. The van der Waals surface area contributed by atoms with Crippen LogP contribution >= 0.6 is 0 Å². The maximum Gasteiger partial charge on any atom is 0.241 e. The van der Waals surface area contributed by atoms with Crippen LogP contribution < -0.4 is 5.73 Å². The van der Waals surface area contributed by atoms with Gasteiger partial charge in [-0.25, -0.2) is 0 Å². The van der Waals surface area contributed by atoms with Gasteiger partial charge in [0.1, 0.15) is 0 Å². The SMILES string of the molecule is CC(/C=C/C(N)=O)=N\O. The molecular weight excluding hydrogens is 120 g/mol. The predicted octanol–water partition coefficient (Wildman–Crippen LogP) is -0.122. The van der Waals surface area contributed by atoms with Crippen LogP contribution in [0.1, 0.15) is 6.92 Å². The molecule has 9 heavy (non-hydrogen) atoms. The first-order valence-electron chi connectivity index (χ1n) is 2.33. The molecule has 0 spiro atoms. The first-order valence-corrected chi connectivity index (χ1v) is 2.33. The van der Waals surface area contributed by atoms with Crippen molar-refractivity contribution in [1.82, 2.24) is 0 Å². The van der Waals surface area contributed by atoms with E-state index in [-0.39, 0.29) is 0 Å². The Morgan fingerprint density at radius 1 is 1.67 bits per heavy atom. The second-order valence-corrected chi connectivity index (χ2v) is 1.48. The number of hydrogen-bond acceptors (Lipinski definition) is 3. The molecule has 0 radical (unpaired) electrons. The highest BCUT2D eigenvalue weighted by molar-refractivity contribution is 5.98. The van der Waals surface area contributed by atoms with Gasteiger partial charge in [-0.3, -0.25) is 4.79 Å². The van der Waals surface area contributed by atoms with Gasteiger partial charge >= 0.3 is 0 Å². The lowest BCUT2D eigenvalue weighted by atomic mass is 10.4. The van der Waals surface area contributed by atoms with Crippen LogP contribution in [0.4, 0.5) is 0 Å². The van der Waals surface area contributed by atoms with Crippen LogP contribution in [-0.2, 0) is 4.79 Å². The van der Waals surface area contributed by atoms with Gasteiger partial charge in [0.25, 0.3) is 0 Å². The molecule has 4 heteroatoms. The monoisotopic (exact) mass is 128 g/mol. The van der Waals surface area contributed by atoms with E-state index in [9.17, 15) is 4.79 Å². The summed E-state index contributed by atoms with van der Waals surface area (Å²) < 4.78 is 0. The molecule has 0 heterocycles. The Kier molecular flexibility index (Phi) is 3.12. The van der Waals surface area contributed by atoms with Crippen LogP contribution in [0.5, 0.6) is 0 Å². The molecule has 0 fully saturated rings. The highest BCUT2D eigenvalue weighted by atomic mass is 16.4. The largest absolute Gasteiger partial charge is 0.411 e. The molecule has 0 aromatic rings. The molecule has 50 valence electrons. The Morgan fingerprint density at radius 2 is 2.22 bits per heavy atom. The summed E-state index contributed by atoms with van der Waals surface area (Å²) in [6.45, 7) is 1.54. The van der Waals surface area contributed by atoms with Crippen molar-refractivity contribution >= 4 is 11.6 Å². The molecule has 0 saturated carbocycles. The van der Waals surface area contributed by atoms with Crippen LogP contribution in [0.3, 0.4) is 0 Å². The van der Waals surface area contributed by atoms with Gasteiger partial charge in [-0.15, -0.1) is 0 Å². The summed E-state index contributed by atoms with van der Waals surface area (Å²) in [7, 11) is 0. The maximum atomic E-state index is 10.0. The number of rotatable bonds is 2. The Labute approximate surface area is 52.7 Å². The van der Waals surface area contributed by atoms with Crippen molar-refractivity contribution in [3.63, 3.8) is 0 Å². The highest BCUT2D eigenvalue weighted by Gasteiger charge is 1.83. The number of nitrogens with two attached hydrogens (primary N) is 1. The van der Waals surface area contributed by atoms with Crippen molar-refractivity contribution in [2.75, 3.05) is 0 Å². The summed E-state index contributed by atoms with van der Waals surface area (Å²) in [5.41, 5.74) is 5.07. The van der Waals surface area contributed by atoms with Crippen molar-refractivity contribution in [3.05, 3.63) is 12.2 Å². The van der Waals surface area contributed by atoms with Crippen LogP contribution in [0.15, 0.2) is 17.3 Å². The first kappa shape index (κ1) is 7.68. The topological polar surface area (TPSA) is 75.7 Å². The van der Waals surface area contributed by atoms with Gasteiger partial charge in [-0.2, -0.15) is 0 Å². The number of oxime groups is 1. The average molecular weight is 128 g/mol. The number of primary amides is 1. The molecule has 4 nitrogen and oxygen atoms in total. The van der Waals surface area contributed by atoms with E-state index >= 15 is 0 Å². The minimum absolute atomic E-state index is 0.341. The third-order valence-corrected chi connectivity index (χ3v) is 0.647. The minimum atomic E-state index is -0.557. The van der Waals surface area contributed by atoms with Crippen molar-refractivity contribution in [2.24, 2.45) is 10.9 Å². The number of carbonyl (C=O) groups is 1. The van der Waals surface area contributed by atoms with E-state index in [0.717, 1.165) is 6.08 Å². The Balaban J connectivity index is 3.86. The molecule has 0 aromatic carbocycles. The third kappa shape index (κ3) is 4.53. The molecule has 0 aliphatic carbocycles. The fourth-order valence-electron chi connectivity index (χ4n) is 0.236. The molecular formula is C5H8N2O2. The molecule has 0 unspecified atom stereocenters. The van der Waals surface area contributed by atoms with Crippen molar-refractivity contribution in [2.45, 2.75) is 6.92 Å². The van der Waals surface area contributed by atoms with E-state index in [1.165, 1.54) is 6.08 Å². The van der Waals surface area contributed by atoms with Crippen LogP contribution in [0.2, 0.25) is 0 Å². The van der Waals surface area contributed by atoms with Crippen LogP contribution in [0.25, 0.3) is 0 Å². The minimum Gasteiger partial charge on any atom is -0.411 e. The second kappa shape index (κ2) is 3.65. The predicted molar refractivity (Wildman–Crippen MR) is 33.2 cm³/mol. The van der Waals surface area contributed by atoms with Crippen LogP contribution in [0, 0.1) is 0 Å². The third-order valence-electron chi connectivity index (χ3n) is 0.647. The number of carbonyl (C=O) groups excluding carboxylic acids is 1. The second-order valence-electron chi connectivity index (χ2n) is 1.48. The Hall–Kier alpha value is -1.32. The van der Waals surface area contributed by atoms with E-state index < -0.39 is 5.91 Å². The lowest BCUT2D eigenvalue weighted by Gasteiger charge is -1.81. The van der Waals surface area contributed by atoms with E-state index in [4.69, 9.17) is 10.9 Å². The van der Waals surface area contributed by atoms with Gasteiger partial charge in [0.05, 0.1) is 5.71 Å². The zero-order chi connectivity index (χ0) is 7.28. The molecule has 0 aliphatic rings.